The van der Waals surface area contributed by atoms with Crippen molar-refractivity contribution >= 4 is 5.91 Å². The van der Waals surface area contributed by atoms with Gasteiger partial charge in [-0.15, -0.1) is 0 Å². The predicted molar refractivity (Wildman–Crippen MR) is 83.2 cm³/mol. The summed E-state index contributed by atoms with van der Waals surface area (Å²) in [7, 11) is 0. The third-order valence-corrected chi connectivity index (χ3v) is 4.23. The Morgan fingerprint density at radius 3 is 3.12 bits per heavy atom. The highest BCUT2D eigenvalue weighted by Gasteiger charge is 2.22. The highest BCUT2D eigenvalue weighted by molar-refractivity contribution is 5.94. The van der Waals surface area contributed by atoms with Crippen LogP contribution in [0.1, 0.15) is 28.0 Å². The van der Waals surface area contributed by atoms with Crippen molar-refractivity contribution in [2.75, 3.05) is 0 Å². The molecule has 0 saturated carbocycles. The minimum Gasteiger partial charge on any atom is -0.349 e. The SMILES string of the molecule is O=C(NC1CCc2[nH]ncc2C1)c1ccc(-n2cncn2)c(F)c1. The molecule has 4 rings (SSSR count). The summed E-state index contributed by atoms with van der Waals surface area (Å²) in [4.78, 5) is 16.2. The smallest absolute Gasteiger partial charge is 0.251 e. The van der Waals surface area contributed by atoms with Crippen molar-refractivity contribution < 1.29 is 9.18 Å². The number of nitrogens with one attached hydrogen (secondary N) is 2. The molecule has 1 amide bonds. The van der Waals surface area contributed by atoms with E-state index in [2.05, 4.69) is 25.6 Å². The molecule has 2 aromatic heterocycles. The summed E-state index contributed by atoms with van der Waals surface area (Å²) >= 11 is 0. The summed E-state index contributed by atoms with van der Waals surface area (Å²) < 4.78 is 15.5. The van der Waals surface area contributed by atoms with Gasteiger partial charge in [0, 0.05) is 17.3 Å². The molecule has 7 nitrogen and oxygen atoms in total. The van der Waals surface area contributed by atoms with Crippen LogP contribution in [0.15, 0.2) is 37.1 Å². The number of hydrogen-bond donors (Lipinski definition) is 2. The van der Waals surface area contributed by atoms with Gasteiger partial charge < -0.3 is 5.32 Å². The minimum absolute atomic E-state index is 0.0284. The summed E-state index contributed by atoms with van der Waals surface area (Å²) in [5.41, 5.74) is 2.79. The van der Waals surface area contributed by atoms with Gasteiger partial charge in [0.25, 0.3) is 5.91 Å². The Morgan fingerprint density at radius 1 is 1.42 bits per heavy atom. The summed E-state index contributed by atoms with van der Waals surface area (Å²) in [6, 6.07) is 4.36. The van der Waals surface area contributed by atoms with Crippen LogP contribution >= 0.6 is 0 Å². The maximum absolute atomic E-state index is 14.2. The number of rotatable bonds is 3. The van der Waals surface area contributed by atoms with E-state index in [1.807, 2.05) is 0 Å². The molecule has 0 fully saturated rings. The number of amides is 1. The molecule has 2 N–H and O–H groups in total. The van der Waals surface area contributed by atoms with Gasteiger partial charge in [0.05, 0.1) is 6.20 Å². The first-order valence-corrected chi connectivity index (χ1v) is 7.67. The zero-order valence-electron chi connectivity index (χ0n) is 12.7. The van der Waals surface area contributed by atoms with Crippen LogP contribution < -0.4 is 5.32 Å². The fourth-order valence-corrected chi connectivity index (χ4v) is 2.97. The topological polar surface area (TPSA) is 88.5 Å². The van der Waals surface area contributed by atoms with E-state index in [0.717, 1.165) is 30.5 Å². The highest BCUT2D eigenvalue weighted by Crippen LogP contribution is 2.20. The Hall–Kier alpha value is -3.03. The quantitative estimate of drug-likeness (QED) is 0.762. The normalized spacial score (nSPS) is 16.6. The van der Waals surface area contributed by atoms with E-state index in [1.54, 1.807) is 12.3 Å². The summed E-state index contributed by atoms with van der Waals surface area (Å²) in [6.07, 6.45) is 6.94. The first kappa shape index (κ1) is 14.6. The standard InChI is InChI=1S/C16H15FN6O/c17-13-6-10(1-4-15(13)23-9-18-8-20-23)16(24)21-12-2-3-14-11(5-12)7-19-22-14/h1,4,6-9,12H,2-3,5H2,(H,19,22)(H,21,24). The predicted octanol–water partition coefficient (Wildman–Crippen LogP) is 1.42. The number of halogens is 1. The van der Waals surface area contributed by atoms with Gasteiger partial charge in [-0.05, 0) is 43.0 Å². The highest BCUT2D eigenvalue weighted by atomic mass is 19.1. The van der Waals surface area contributed by atoms with Gasteiger partial charge in [-0.3, -0.25) is 9.89 Å². The van der Waals surface area contributed by atoms with Crippen molar-refractivity contribution in [3.05, 3.63) is 59.7 Å². The summed E-state index contributed by atoms with van der Waals surface area (Å²) in [6.45, 7) is 0. The third kappa shape index (κ3) is 2.66. The van der Waals surface area contributed by atoms with E-state index in [1.165, 1.54) is 29.5 Å². The van der Waals surface area contributed by atoms with Gasteiger partial charge in [-0.1, -0.05) is 0 Å². The van der Waals surface area contributed by atoms with E-state index in [4.69, 9.17) is 0 Å². The largest absolute Gasteiger partial charge is 0.349 e. The molecule has 0 aliphatic heterocycles. The van der Waals surface area contributed by atoms with Gasteiger partial charge in [-0.2, -0.15) is 10.2 Å². The monoisotopic (exact) mass is 326 g/mol. The average molecular weight is 326 g/mol. The number of nitrogens with zero attached hydrogens (tertiary/aromatic N) is 4. The summed E-state index contributed by atoms with van der Waals surface area (Å²) in [5.74, 6) is -0.801. The molecule has 0 spiro atoms. The lowest BCUT2D eigenvalue weighted by Gasteiger charge is -2.22. The van der Waals surface area contributed by atoms with Gasteiger partial charge in [-0.25, -0.2) is 14.1 Å². The molecule has 24 heavy (non-hydrogen) atoms. The maximum Gasteiger partial charge on any atom is 0.251 e. The zero-order chi connectivity index (χ0) is 16.5. The van der Waals surface area contributed by atoms with Gasteiger partial charge in [0.15, 0.2) is 0 Å². The molecule has 1 atom stereocenters. The molecule has 2 heterocycles. The Labute approximate surface area is 136 Å². The van der Waals surface area contributed by atoms with Crippen LogP contribution in [0.5, 0.6) is 0 Å². The molecule has 1 aliphatic rings. The molecular formula is C16H15FN6O. The van der Waals surface area contributed by atoms with Crippen LogP contribution in [0, 0.1) is 5.82 Å². The second-order valence-electron chi connectivity index (χ2n) is 5.79. The number of H-pyrrole nitrogens is 1. The second kappa shape index (κ2) is 5.88. The van der Waals surface area contributed by atoms with Crippen molar-refractivity contribution in [1.29, 1.82) is 0 Å². The molecule has 1 unspecified atom stereocenters. The minimum atomic E-state index is -0.520. The van der Waals surface area contributed by atoms with Crippen LogP contribution in [-0.2, 0) is 12.8 Å². The van der Waals surface area contributed by atoms with Crippen molar-refractivity contribution in [2.24, 2.45) is 0 Å². The molecule has 1 aliphatic carbocycles. The Morgan fingerprint density at radius 2 is 2.33 bits per heavy atom. The number of carbonyl (C=O) groups is 1. The number of aromatic amines is 1. The van der Waals surface area contributed by atoms with Crippen LogP contribution in [0.3, 0.4) is 0 Å². The molecule has 0 saturated heterocycles. The fraction of sp³-hybridized carbons (Fsp3) is 0.250. The van der Waals surface area contributed by atoms with Gasteiger partial charge in [0.2, 0.25) is 0 Å². The van der Waals surface area contributed by atoms with Gasteiger partial charge in [0.1, 0.15) is 24.2 Å². The van der Waals surface area contributed by atoms with Gasteiger partial charge >= 0.3 is 0 Å². The lowest BCUT2D eigenvalue weighted by Crippen LogP contribution is -2.38. The fourth-order valence-electron chi connectivity index (χ4n) is 2.97. The molecule has 3 aromatic rings. The first-order chi connectivity index (χ1) is 11.7. The molecule has 0 radical (unpaired) electrons. The van der Waals surface area contributed by atoms with Crippen LogP contribution in [-0.4, -0.2) is 36.9 Å². The number of fused-ring (bicyclic) bond motifs is 1. The Kier molecular flexibility index (Phi) is 3.56. The van der Waals surface area contributed by atoms with Crippen LogP contribution in [0.4, 0.5) is 4.39 Å². The van der Waals surface area contributed by atoms with Crippen molar-refractivity contribution in [3.63, 3.8) is 0 Å². The maximum atomic E-state index is 14.2. The number of aromatic nitrogens is 5. The van der Waals surface area contributed by atoms with Crippen LogP contribution in [0.2, 0.25) is 0 Å². The number of benzene rings is 1. The number of hydrogen-bond acceptors (Lipinski definition) is 4. The van der Waals surface area contributed by atoms with E-state index in [9.17, 15) is 9.18 Å². The van der Waals surface area contributed by atoms with Crippen molar-refractivity contribution in [2.45, 2.75) is 25.3 Å². The lowest BCUT2D eigenvalue weighted by molar-refractivity contribution is 0.0933. The van der Waals surface area contributed by atoms with E-state index in [0.29, 0.717) is 0 Å². The van der Waals surface area contributed by atoms with Crippen LogP contribution in [0.25, 0.3) is 5.69 Å². The molecule has 122 valence electrons. The Bertz CT molecular complexity index is 873. The average Bonchev–Trinajstić information content (AvgIpc) is 3.25. The van der Waals surface area contributed by atoms with E-state index in [-0.39, 0.29) is 23.2 Å². The van der Waals surface area contributed by atoms with Crippen molar-refractivity contribution in [1.82, 2.24) is 30.3 Å². The van der Waals surface area contributed by atoms with E-state index < -0.39 is 5.82 Å². The zero-order valence-corrected chi connectivity index (χ0v) is 12.7. The Balaban J connectivity index is 1.48. The first-order valence-electron chi connectivity index (χ1n) is 7.67. The van der Waals surface area contributed by atoms with Crippen molar-refractivity contribution in [3.8, 4) is 5.69 Å². The molecule has 8 heteroatoms. The molecular weight excluding hydrogens is 311 g/mol. The number of aryl methyl sites for hydroxylation is 1. The third-order valence-electron chi connectivity index (χ3n) is 4.23. The summed E-state index contributed by atoms with van der Waals surface area (Å²) in [5, 5.41) is 13.8. The number of carbonyl (C=O) groups excluding carboxylic acids is 1. The van der Waals surface area contributed by atoms with E-state index >= 15 is 0 Å². The molecule has 1 aromatic carbocycles. The lowest BCUT2D eigenvalue weighted by atomic mass is 9.93. The second-order valence-corrected chi connectivity index (χ2v) is 5.79. The molecule has 0 bridgehead atoms.